The van der Waals surface area contributed by atoms with E-state index in [0.29, 0.717) is 5.92 Å². The molecule has 0 N–H and O–H groups in total. The topological polar surface area (TPSA) is 46.4 Å². The molecule has 1 unspecified atom stereocenters. The first-order chi connectivity index (χ1) is 11.9. The molecule has 0 spiro atoms. The number of rotatable bonds is 5. The van der Waals surface area contributed by atoms with Gasteiger partial charge >= 0.3 is 0 Å². The Kier molecular flexibility index (Phi) is 4.88. The number of nitro groups is 1. The summed E-state index contributed by atoms with van der Waals surface area (Å²) in [6.45, 7) is 2.14. The lowest BCUT2D eigenvalue weighted by Crippen LogP contribution is -2.20. The van der Waals surface area contributed by atoms with E-state index in [4.69, 9.17) is 0 Å². The van der Waals surface area contributed by atoms with Crippen molar-refractivity contribution in [1.29, 1.82) is 0 Å². The van der Waals surface area contributed by atoms with Crippen LogP contribution in [0.3, 0.4) is 0 Å². The Morgan fingerprint density at radius 1 is 1.20 bits per heavy atom. The summed E-state index contributed by atoms with van der Waals surface area (Å²) in [5.74, 6) is 0.565. The van der Waals surface area contributed by atoms with Crippen LogP contribution < -0.4 is 4.90 Å². The van der Waals surface area contributed by atoms with Crippen molar-refractivity contribution in [3.63, 3.8) is 0 Å². The maximum Gasteiger partial charge on any atom is 0.269 e. The van der Waals surface area contributed by atoms with Crippen molar-refractivity contribution >= 4 is 17.5 Å². The van der Waals surface area contributed by atoms with E-state index in [2.05, 4.69) is 50.2 Å². The Bertz CT molecular complexity index is 807. The minimum Gasteiger partial charge on any atom is -0.377 e. The molecule has 0 saturated heterocycles. The zero-order chi connectivity index (χ0) is 18.0. The highest BCUT2D eigenvalue weighted by Gasteiger charge is 2.25. The summed E-state index contributed by atoms with van der Waals surface area (Å²) in [4.78, 5) is 12.6. The standard InChI is InChI=1S/C21H24N2O2/c1-15-4-11-21(22(2)3)19(12-15)14-18-8-7-17(18)13-16-5-9-20(10-6-16)23(24)25/h4-6,9-13,18H,7-8,14H2,1-3H3/b17-13+. The van der Waals surface area contributed by atoms with Crippen molar-refractivity contribution in [2.75, 3.05) is 19.0 Å². The van der Waals surface area contributed by atoms with Crippen LogP contribution in [-0.4, -0.2) is 19.0 Å². The van der Waals surface area contributed by atoms with Gasteiger partial charge in [-0.1, -0.05) is 29.3 Å². The van der Waals surface area contributed by atoms with Crippen LogP contribution in [-0.2, 0) is 6.42 Å². The number of hydrogen-bond acceptors (Lipinski definition) is 3. The van der Waals surface area contributed by atoms with Gasteiger partial charge in [0.2, 0.25) is 0 Å². The second kappa shape index (κ2) is 7.09. The molecule has 130 valence electrons. The third-order valence-electron chi connectivity index (χ3n) is 4.94. The molecule has 0 radical (unpaired) electrons. The molecule has 0 aromatic heterocycles. The van der Waals surface area contributed by atoms with Gasteiger partial charge in [0.1, 0.15) is 0 Å². The number of anilines is 1. The molecule has 2 aromatic carbocycles. The average molecular weight is 336 g/mol. The smallest absolute Gasteiger partial charge is 0.269 e. The molecule has 2 aromatic rings. The number of non-ortho nitro benzene ring substituents is 1. The Labute approximate surface area is 148 Å². The molecule has 25 heavy (non-hydrogen) atoms. The maximum absolute atomic E-state index is 10.8. The van der Waals surface area contributed by atoms with Crippen molar-refractivity contribution in [3.05, 3.63) is 74.8 Å². The fourth-order valence-corrected chi connectivity index (χ4v) is 3.42. The van der Waals surface area contributed by atoms with Gasteiger partial charge in [-0.25, -0.2) is 0 Å². The Hall–Kier alpha value is -2.62. The van der Waals surface area contributed by atoms with E-state index in [-0.39, 0.29) is 10.6 Å². The molecule has 4 heteroatoms. The van der Waals surface area contributed by atoms with Crippen LogP contribution in [0.5, 0.6) is 0 Å². The van der Waals surface area contributed by atoms with Crippen LogP contribution in [0.4, 0.5) is 11.4 Å². The first-order valence-corrected chi connectivity index (χ1v) is 8.66. The summed E-state index contributed by atoms with van der Waals surface area (Å²) in [7, 11) is 4.17. The molecule has 0 bridgehead atoms. The largest absolute Gasteiger partial charge is 0.377 e. The van der Waals surface area contributed by atoms with Crippen molar-refractivity contribution in [2.24, 2.45) is 5.92 Å². The van der Waals surface area contributed by atoms with Gasteiger partial charge in [0.15, 0.2) is 0 Å². The number of allylic oxidation sites excluding steroid dienone is 1. The quantitative estimate of drug-likeness (QED) is 0.570. The average Bonchev–Trinajstić information content (AvgIpc) is 2.56. The van der Waals surface area contributed by atoms with Crippen molar-refractivity contribution in [3.8, 4) is 0 Å². The van der Waals surface area contributed by atoms with Gasteiger partial charge in [0, 0.05) is 31.9 Å². The SMILES string of the molecule is Cc1ccc(N(C)C)c(CC2CC/C2=C\c2ccc([N+](=O)[O-])cc2)c1. The molecule has 1 saturated carbocycles. The van der Waals surface area contributed by atoms with Crippen molar-refractivity contribution < 1.29 is 4.92 Å². The third kappa shape index (κ3) is 3.90. The lowest BCUT2D eigenvalue weighted by molar-refractivity contribution is -0.384. The molecule has 1 atom stereocenters. The molecular formula is C21H24N2O2. The van der Waals surface area contributed by atoms with Gasteiger partial charge in [-0.05, 0) is 61.4 Å². The number of hydrogen-bond donors (Lipinski definition) is 0. The molecular weight excluding hydrogens is 312 g/mol. The predicted octanol–water partition coefficient (Wildman–Crippen LogP) is 5.01. The van der Waals surface area contributed by atoms with Crippen LogP contribution in [0.2, 0.25) is 0 Å². The number of nitrogens with zero attached hydrogens (tertiary/aromatic N) is 2. The zero-order valence-electron chi connectivity index (χ0n) is 15.0. The second-order valence-electron chi connectivity index (χ2n) is 7.03. The molecule has 1 aliphatic rings. The lowest BCUT2D eigenvalue weighted by atomic mass is 9.74. The third-order valence-corrected chi connectivity index (χ3v) is 4.94. The highest BCUT2D eigenvalue weighted by Crippen LogP contribution is 2.39. The van der Waals surface area contributed by atoms with Gasteiger partial charge in [0.05, 0.1) is 4.92 Å². The first-order valence-electron chi connectivity index (χ1n) is 8.66. The van der Waals surface area contributed by atoms with Crippen LogP contribution >= 0.6 is 0 Å². The second-order valence-corrected chi connectivity index (χ2v) is 7.03. The van der Waals surface area contributed by atoms with E-state index >= 15 is 0 Å². The normalized spacial score (nSPS) is 18.0. The zero-order valence-corrected chi connectivity index (χ0v) is 15.0. The van der Waals surface area contributed by atoms with E-state index in [9.17, 15) is 10.1 Å². The minimum absolute atomic E-state index is 0.141. The van der Waals surface area contributed by atoms with E-state index in [1.165, 1.54) is 28.8 Å². The molecule has 4 nitrogen and oxygen atoms in total. The van der Waals surface area contributed by atoms with E-state index in [1.54, 1.807) is 12.1 Å². The number of nitro benzene ring substituents is 1. The van der Waals surface area contributed by atoms with Gasteiger partial charge in [0.25, 0.3) is 5.69 Å². The van der Waals surface area contributed by atoms with E-state index in [1.807, 2.05) is 12.1 Å². The van der Waals surface area contributed by atoms with Crippen LogP contribution in [0.1, 0.15) is 29.5 Å². The van der Waals surface area contributed by atoms with Gasteiger partial charge in [-0.15, -0.1) is 0 Å². The summed E-state index contributed by atoms with van der Waals surface area (Å²) in [6.07, 6.45) is 5.57. The van der Waals surface area contributed by atoms with E-state index < -0.39 is 0 Å². The molecule has 1 fully saturated rings. The Morgan fingerprint density at radius 2 is 1.92 bits per heavy atom. The van der Waals surface area contributed by atoms with Crippen molar-refractivity contribution in [2.45, 2.75) is 26.2 Å². The molecule has 0 aliphatic heterocycles. The summed E-state index contributed by atoms with van der Waals surface area (Å²) in [6, 6.07) is 13.5. The molecule has 0 amide bonds. The minimum atomic E-state index is -0.358. The summed E-state index contributed by atoms with van der Waals surface area (Å²) in [5, 5.41) is 10.8. The highest BCUT2D eigenvalue weighted by atomic mass is 16.6. The monoisotopic (exact) mass is 336 g/mol. The Morgan fingerprint density at radius 3 is 2.48 bits per heavy atom. The maximum atomic E-state index is 10.8. The number of aryl methyl sites for hydroxylation is 1. The summed E-state index contributed by atoms with van der Waals surface area (Å²) >= 11 is 0. The Balaban J connectivity index is 1.77. The first kappa shape index (κ1) is 17.2. The highest BCUT2D eigenvalue weighted by molar-refractivity contribution is 5.58. The molecule has 3 rings (SSSR count). The number of benzene rings is 2. The van der Waals surface area contributed by atoms with Crippen molar-refractivity contribution in [1.82, 2.24) is 0 Å². The predicted molar refractivity (Wildman–Crippen MR) is 103 cm³/mol. The fraction of sp³-hybridized carbons (Fsp3) is 0.333. The molecule has 1 aliphatic carbocycles. The van der Waals surface area contributed by atoms with Crippen LogP contribution in [0, 0.1) is 23.0 Å². The van der Waals surface area contributed by atoms with Crippen LogP contribution in [0.25, 0.3) is 6.08 Å². The van der Waals surface area contributed by atoms with Gasteiger partial charge in [-0.3, -0.25) is 10.1 Å². The fourth-order valence-electron chi connectivity index (χ4n) is 3.42. The van der Waals surface area contributed by atoms with Gasteiger partial charge in [-0.2, -0.15) is 0 Å². The molecule has 0 heterocycles. The lowest BCUT2D eigenvalue weighted by Gasteiger charge is -2.32. The van der Waals surface area contributed by atoms with E-state index in [0.717, 1.165) is 18.4 Å². The summed E-state index contributed by atoms with van der Waals surface area (Å²) in [5.41, 5.74) is 6.60. The van der Waals surface area contributed by atoms with Crippen LogP contribution in [0.15, 0.2) is 48.0 Å². The summed E-state index contributed by atoms with van der Waals surface area (Å²) < 4.78 is 0. The van der Waals surface area contributed by atoms with Gasteiger partial charge < -0.3 is 4.90 Å².